The van der Waals surface area contributed by atoms with E-state index in [0.717, 1.165) is 0 Å². The van der Waals surface area contributed by atoms with Crippen molar-refractivity contribution in [2.45, 2.75) is 6.92 Å². The minimum Gasteiger partial charge on any atom is -0.497 e. The van der Waals surface area contributed by atoms with Crippen LogP contribution in [0, 0.1) is 10.1 Å². The molecule has 0 radical (unpaired) electrons. The molecule has 0 aliphatic carbocycles. The number of esters is 1. The standard InChI is InChI=1S/C17H15NO5/c1-12(18(20)21)11-14-5-3-4-6-16(14)23-17(19)13-7-9-15(22-2)10-8-13/h3-11H,1-2H3/b12-11+. The van der Waals surface area contributed by atoms with Crippen LogP contribution in [0.2, 0.25) is 0 Å². The SMILES string of the molecule is COc1ccc(C(=O)Oc2ccccc2/C=C(\C)[N+](=O)[O-])cc1. The van der Waals surface area contributed by atoms with E-state index in [0.29, 0.717) is 16.9 Å². The van der Waals surface area contributed by atoms with Gasteiger partial charge >= 0.3 is 5.97 Å². The average Bonchev–Trinajstić information content (AvgIpc) is 2.56. The summed E-state index contributed by atoms with van der Waals surface area (Å²) in [5.41, 5.74) is 0.775. The van der Waals surface area contributed by atoms with Crippen LogP contribution in [0.4, 0.5) is 0 Å². The van der Waals surface area contributed by atoms with Gasteiger partial charge in [0.2, 0.25) is 5.70 Å². The van der Waals surface area contributed by atoms with Gasteiger partial charge in [-0.2, -0.15) is 0 Å². The van der Waals surface area contributed by atoms with Crippen LogP contribution in [-0.4, -0.2) is 18.0 Å². The van der Waals surface area contributed by atoms with Crippen molar-refractivity contribution in [2.24, 2.45) is 0 Å². The lowest BCUT2D eigenvalue weighted by atomic mass is 10.1. The third-order valence-corrected chi connectivity index (χ3v) is 3.10. The molecule has 0 saturated heterocycles. The molecule has 2 aromatic rings. The minimum atomic E-state index is -0.549. The number of carbonyl (C=O) groups is 1. The Kier molecular flexibility index (Phi) is 5.09. The summed E-state index contributed by atoms with van der Waals surface area (Å²) in [7, 11) is 1.54. The summed E-state index contributed by atoms with van der Waals surface area (Å²) < 4.78 is 10.4. The zero-order valence-electron chi connectivity index (χ0n) is 12.7. The van der Waals surface area contributed by atoms with E-state index in [1.54, 1.807) is 48.5 Å². The number of para-hydroxylation sites is 1. The molecule has 0 spiro atoms. The summed E-state index contributed by atoms with van der Waals surface area (Å²) in [6, 6.07) is 13.1. The van der Waals surface area contributed by atoms with Gasteiger partial charge in [0.1, 0.15) is 11.5 Å². The summed E-state index contributed by atoms with van der Waals surface area (Å²) in [5, 5.41) is 10.7. The fraction of sp³-hybridized carbons (Fsp3) is 0.118. The van der Waals surface area contributed by atoms with Crippen molar-refractivity contribution in [3.8, 4) is 11.5 Å². The lowest BCUT2D eigenvalue weighted by molar-refractivity contribution is -0.422. The highest BCUT2D eigenvalue weighted by atomic mass is 16.6. The fourth-order valence-corrected chi connectivity index (χ4v) is 1.86. The van der Waals surface area contributed by atoms with Crippen molar-refractivity contribution < 1.29 is 19.2 Å². The maximum Gasteiger partial charge on any atom is 0.343 e. The van der Waals surface area contributed by atoms with Gasteiger partial charge in [0.05, 0.1) is 17.6 Å². The number of benzene rings is 2. The van der Waals surface area contributed by atoms with E-state index in [1.807, 2.05) is 0 Å². The Bertz CT molecular complexity index is 750. The Morgan fingerprint density at radius 2 is 1.78 bits per heavy atom. The zero-order valence-corrected chi connectivity index (χ0v) is 12.7. The minimum absolute atomic E-state index is 0.0436. The van der Waals surface area contributed by atoms with Gasteiger partial charge in [-0.1, -0.05) is 18.2 Å². The molecule has 0 fully saturated rings. The second-order valence-electron chi connectivity index (χ2n) is 4.70. The van der Waals surface area contributed by atoms with Crippen molar-refractivity contribution in [1.82, 2.24) is 0 Å². The Morgan fingerprint density at radius 1 is 1.13 bits per heavy atom. The van der Waals surface area contributed by atoms with Gasteiger partial charge in [0, 0.05) is 18.6 Å². The predicted octanol–water partition coefficient (Wildman–Crippen LogP) is 3.55. The fourth-order valence-electron chi connectivity index (χ4n) is 1.86. The van der Waals surface area contributed by atoms with Crippen molar-refractivity contribution in [2.75, 3.05) is 7.11 Å². The topological polar surface area (TPSA) is 78.7 Å². The third-order valence-electron chi connectivity index (χ3n) is 3.10. The molecule has 2 rings (SSSR count). The molecule has 0 N–H and O–H groups in total. The molecule has 2 aromatic carbocycles. The first kappa shape index (κ1) is 16.2. The number of allylic oxidation sites excluding steroid dienone is 1. The Hall–Kier alpha value is -3.15. The van der Waals surface area contributed by atoms with E-state index in [-0.39, 0.29) is 11.4 Å². The number of rotatable bonds is 5. The molecule has 0 aliphatic heterocycles. The van der Waals surface area contributed by atoms with Crippen LogP contribution in [-0.2, 0) is 0 Å². The molecule has 6 nitrogen and oxygen atoms in total. The van der Waals surface area contributed by atoms with E-state index in [2.05, 4.69) is 0 Å². The average molecular weight is 313 g/mol. The monoisotopic (exact) mass is 313 g/mol. The van der Waals surface area contributed by atoms with Crippen LogP contribution in [0.3, 0.4) is 0 Å². The van der Waals surface area contributed by atoms with E-state index in [1.165, 1.54) is 20.1 Å². The number of methoxy groups -OCH3 is 1. The van der Waals surface area contributed by atoms with E-state index >= 15 is 0 Å². The highest BCUT2D eigenvalue weighted by molar-refractivity contribution is 5.91. The zero-order chi connectivity index (χ0) is 16.8. The lowest BCUT2D eigenvalue weighted by Crippen LogP contribution is -2.09. The summed E-state index contributed by atoms with van der Waals surface area (Å²) in [4.78, 5) is 22.4. The van der Waals surface area contributed by atoms with Crippen molar-refractivity contribution in [3.05, 3.63) is 75.5 Å². The normalized spacial score (nSPS) is 11.0. The molecule has 6 heteroatoms. The Balaban J connectivity index is 2.24. The molecule has 0 aliphatic rings. The van der Waals surface area contributed by atoms with Crippen molar-refractivity contribution in [1.29, 1.82) is 0 Å². The summed E-state index contributed by atoms with van der Waals surface area (Å²) in [6.45, 7) is 1.38. The van der Waals surface area contributed by atoms with Crippen LogP contribution in [0.15, 0.2) is 54.2 Å². The number of nitro groups is 1. The van der Waals surface area contributed by atoms with E-state index in [9.17, 15) is 14.9 Å². The number of carbonyl (C=O) groups excluding carboxylic acids is 1. The molecule has 118 valence electrons. The van der Waals surface area contributed by atoms with Crippen LogP contribution in [0.25, 0.3) is 6.08 Å². The molecule has 0 amide bonds. The van der Waals surface area contributed by atoms with Gasteiger partial charge in [-0.25, -0.2) is 4.79 Å². The number of hydrogen-bond donors (Lipinski definition) is 0. The van der Waals surface area contributed by atoms with Gasteiger partial charge in [0.15, 0.2) is 0 Å². The lowest BCUT2D eigenvalue weighted by Gasteiger charge is -2.08. The van der Waals surface area contributed by atoms with Gasteiger partial charge in [-0.3, -0.25) is 10.1 Å². The summed E-state index contributed by atoms with van der Waals surface area (Å²) >= 11 is 0. The number of hydrogen-bond acceptors (Lipinski definition) is 5. The second kappa shape index (κ2) is 7.22. The van der Waals surface area contributed by atoms with Crippen LogP contribution in [0.1, 0.15) is 22.8 Å². The van der Waals surface area contributed by atoms with Crippen LogP contribution < -0.4 is 9.47 Å². The summed E-state index contributed by atoms with van der Waals surface area (Å²) in [5.74, 6) is 0.341. The highest BCUT2D eigenvalue weighted by Crippen LogP contribution is 2.22. The van der Waals surface area contributed by atoms with Crippen molar-refractivity contribution in [3.63, 3.8) is 0 Å². The molecule has 0 saturated carbocycles. The largest absolute Gasteiger partial charge is 0.497 e. The highest BCUT2D eigenvalue weighted by Gasteiger charge is 2.12. The van der Waals surface area contributed by atoms with Crippen LogP contribution in [0.5, 0.6) is 11.5 Å². The molecular weight excluding hydrogens is 298 g/mol. The molecule has 0 aromatic heterocycles. The smallest absolute Gasteiger partial charge is 0.343 e. The summed E-state index contributed by atoms with van der Waals surface area (Å²) in [6.07, 6.45) is 1.36. The van der Waals surface area contributed by atoms with E-state index < -0.39 is 10.9 Å². The van der Waals surface area contributed by atoms with Gasteiger partial charge in [0.25, 0.3) is 0 Å². The maximum absolute atomic E-state index is 12.2. The molecule has 0 heterocycles. The number of ether oxygens (including phenoxy) is 2. The first-order chi connectivity index (χ1) is 11.0. The second-order valence-corrected chi connectivity index (χ2v) is 4.70. The molecule has 0 bridgehead atoms. The van der Waals surface area contributed by atoms with Crippen molar-refractivity contribution >= 4 is 12.0 Å². The maximum atomic E-state index is 12.2. The Morgan fingerprint density at radius 3 is 2.39 bits per heavy atom. The molecule has 0 atom stereocenters. The molecular formula is C17H15NO5. The van der Waals surface area contributed by atoms with Gasteiger partial charge in [-0.15, -0.1) is 0 Å². The first-order valence-corrected chi connectivity index (χ1v) is 6.79. The quantitative estimate of drug-likeness (QED) is 0.365. The number of nitrogens with zero attached hydrogens (tertiary/aromatic N) is 1. The molecule has 23 heavy (non-hydrogen) atoms. The Labute approximate surface area is 133 Å². The van der Waals surface area contributed by atoms with E-state index in [4.69, 9.17) is 9.47 Å². The first-order valence-electron chi connectivity index (χ1n) is 6.79. The predicted molar refractivity (Wildman–Crippen MR) is 85.0 cm³/mol. The molecule has 0 unspecified atom stereocenters. The third kappa shape index (κ3) is 4.16. The van der Waals surface area contributed by atoms with Gasteiger partial charge < -0.3 is 9.47 Å². The van der Waals surface area contributed by atoms with Gasteiger partial charge in [-0.05, 0) is 30.3 Å². The van der Waals surface area contributed by atoms with Crippen LogP contribution >= 0.6 is 0 Å².